The fourth-order valence-electron chi connectivity index (χ4n) is 4.87. The molecule has 0 atom stereocenters. The van der Waals surface area contributed by atoms with Crippen LogP contribution in [0.2, 0.25) is 0 Å². The van der Waals surface area contributed by atoms with Gasteiger partial charge < -0.3 is 15.6 Å². The largest absolute Gasteiger partial charge is 0.353 e. The van der Waals surface area contributed by atoms with Crippen molar-refractivity contribution in [1.29, 1.82) is 0 Å². The number of fused-ring (bicyclic) bond motifs is 1. The monoisotopic (exact) mass is 397 g/mol. The van der Waals surface area contributed by atoms with Gasteiger partial charge in [0.1, 0.15) is 17.8 Å². The maximum atomic E-state index is 12.8. The first-order valence-electron chi connectivity index (χ1n) is 10.9. The average Bonchev–Trinajstić information content (AvgIpc) is 3.31. The molecule has 2 aromatic heterocycles. The molecule has 2 aromatic rings. The summed E-state index contributed by atoms with van der Waals surface area (Å²) < 4.78 is 0. The summed E-state index contributed by atoms with van der Waals surface area (Å²) >= 11 is 0. The van der Waals surface area contributed by atoms with E-state index in [-0.39, 0.29) is 23.8 Å². The van der Waals surface area contributed by atoms with Gasteiger partial charge in [-0.25, -0.2) is 9.97 Å². The van der Waals surface area contributed by atoms with Gasteiger partial charge in [-0.1, -0.05) is 12.8 Å². The molecule has 2 saturated carbocycles. The first-order chi connectivity index (χ1) is 14.0. The van der Waals surface area contributed by atoms with Crippen LogP contribution in [0.3, 0.4) is 0 Å². The van der Waals surface area contributed by atoms with E-state index in [4.69, 9.17) is 0 Å². The Morgan fingerprint density at radius 3 is 2.52 bits per heavy atom. The van der Waals surface area contributed by atoms with Crippen molar-refractivity contribution in [3.8, 4) is 0 Å². The van der Waals surface area contributed by atoms with Crippen molar-refractivity contribution in [2.75, 3.05) is 5.32 Å². The Labute approximate surface area is 171 Å². The van der Waals surface area contributed by atoms with Gasteiger partial charge in [0.25, 0.3) is 0 Å². The van der Waals surface area contributed by atoms with Gasteiger partial charge in [0, 0.05) is 24.1 Å². The Hall–Kier alpha value is -2.44. The number of carbonyl (C=O) groups excluding carboxylic acids is 2. The van der Waals surface area contributed by atoms with Crippen molar-refractivity contribution in [1.82, 2.24) is 20.3 Å². The smallest absolute Gasteiger partial charge is 0.228 e. The molecule has 2 heterocycles. The van der Waals surface area contributed by atoms with Crippen LogP contribution in [0.1, 0.15) is 69.0 Å². The second kappa shape index (κ2) is 8.51. The molecule has 156 valence electrons. The van der Waals surface area contributed by atoms with Crippen LogP contribution < -0.4 is 10.6 Å². The molecular weight excluding hydrogens is 366 g/mol. The molecule has 3 N–H and O–H groups in total. The Kier molecular flexibility index (Phi) is 5.83. The molecule has 2 fully saturated rings. The second-order valence-electron chi connectivity index (χ2n) is 8.78. The Morgan fingerprint density at radius 2 is 1.79 bits per heavy atom. The molecule has 4 rings (SSSR count). The lowest BCUT2D eigenvalue weighted by Crippen LogP contribution is -2.40. The van der Waals surface area contributed by atoms with E-state index < -0.39 is 0 Å². The summed E-state index contributed by atoms with van der Waals surface area (Å²) in [4.78, 5) is 36.9. The van der Waals surface area contributed by atoms with E-state index in [1.54, 1.807) is 0 Å². The van der Waals surface area contributed by atoms with E-state index >= 15 is 0 Å². The topological polar surface area (TPSA) is 99.8 Å². The number of aromatic nitrogens is 3. The third-order valence-electron chi connectivity index (χ3n) is 6.74. The first kappa shape index (κ1) is 19.9. The van der Waals surface area contributed by atoms with Crippen LogP contribution >= 0.6 is 0 Å². The van der Waals surface area contributed by atoms with Crippen LogP contribution in [0.5, 0.6) is 0 Å². The summed E-state index contributed by atoms with van der Waals surface area (Å²) in [7, 11) is 0. The molecule has 2 aliphatic rings. The molecule has 0 spiro atoms. The summed E-state index contributed by atoms with van der Waals surface area (Å²) in [6.07, 6.45) is 10.3. The molecular formula is C22H31N5O2. The molecule has 0 aliphatic heterocycles. The van der Waals surface area contributed by atoms with Gasteiger partial charge in [0.15, 0.2) is 0 Å². The standard InChI is InChI=1S/C22H31N5O2/c1-13-14(2)25-20-19(13)21(24-12-23-20)27-22(29)16-7-9-17(10-8-16)26-18(28)11-15-5-3-4-6-15/h12,15-17H,3-11H2,1-2H3,(H,26,28)(H2,23,24,25,27,29). The van der Waals surface area contributed by atoms with Crippen LogP contribution in [0.25, 0.3) is 11.0 Å². The molecule has 0 saturated heterocycles. The number of rotatable bonds is 5. The lowest BCUT2D eigenvalue weighted by Gasteiger charge is -2.28. The predicted octanol–water partition coefficient (Wildman–Crippen LogP) is 3.77. The normalized spacial score (nSPS) is 22.7. The van der Waals surface area contributed by atoms with E-state index in [9.17, 15) is 9.59 Å². The van der Waals surface area contributed by atoms with E-state index in [0.29, 0.717) is 18.2 Å². The van der Waals surface area contributed by atoms with Crippen LogP contribution in [-0.2, 0) is 9.59 Å². The predicted molar refractivity (Wildman–Crippen MR) is 112 cm³/mol. The molecule has 7 nitrogen and oxygen atoms in total. The van der Waals surface area contributed by atoms with Crippen molar-refractivity contribution in [3.63, 3.8) is 0 Å². The summed E-state index contributed by atoms with van der Waals surface area (Å²) in [5.41, 5.74) is 2.84. The number of H-pyrrole nitrogens is 1. The fourth-order valence-corrected chi connectivity index (χ4v) is 4.87. The highest BCUT2D eigenvalue weighted by Crippen LogP contribution is 2.30. The van der Waals surface area contributed by atoms with Crippen molar-refractivity contribution in [2.45, 2.75) is 77.7 Å². The minimum absolute atomic E-state index is 0.0129. The Morgan fingerprint density at radius 1 is 1.07 bits per heavy atom. The number of carbonyl (C=O) groups is 2. The lowest BCUT2D eigenvalue weighted by molar-refractivity contribution is -0.123. The zero-order valence-electron chi connectivity index (χ0n) is 17.4. The van der Waals surface area contributed by atoms with Crippen LogP contribution in [0.4, 0.5) is 5.82 Å². The molecule has 0 bridgehead atoms. The van der Waals surface area contributed by atoms with Crippen molar-refractivity contribution in [3.05, 3.63) is 17.6 Å². The van der Waals surface area contributed by atoms with Gasteiger partial charge in [0.2, 0.25) is 11.8 Å². The van der Waals surface area contributed by atoms with Crippen LogP contribution in [0, 0.1) is 25.7 Å². The van der Waals surface area contributed by atoms with Crippen LogP contribution in [0.15, 0.2) is 6.33 Å². The number of aryl methyl sites for hydroxylation is 2. The maximum Gasteiger partial charge on any atom is 0.228 e. The van der Waals surface area contributed by atoms with Crippen molar-refractivity contribution >= 4 is 28.7 Å². The highest BCUT2D eigenvalue weighted by atomic mass is 16.2. The van der Waals surface area contributed by atoms with E-state index in [2.05, 4.69) is 25.6 Å². The lowest BCUT2D eigenvalue weighted by atomic mass is 9.85. The first-order valence-corrected chi connectivity index (χ1v) is 10.9. The van der Waals surface area contributed by atoms with Crippen molar-refractivity contribution < 1.29 is 9.59 Å². The number of anilines is 1. The molecule has 0 aromatic carbocycles. The minimum atomic E-state index is -0.0386. The Balaban J connectivity index is 1.30. The molecule has 2 aliphatic carbocycles. The number of nitrogens with one attached hydrogen (secondary N) is 3. The maximum absolute atomic E-state index is 12.8. The summed E-state index contributed by atoms with van der Waals surface area (Å²) in [6.45, 7) is 4.00. The number of amides is 2. The zero-order valence-corrected chi connectivity index (χ0v) is 17.4. The second-order valence-corrected chi connectivity index (χ2v) is 8.78. The van der Waals surface area contributed by atoms with Crippen molar-refractivity contribution in [2.24, 2.45) is 11.8 Å². The van der Waals surface area contributed by atoms with Gasteiger partial charge >= 0.3 is 0 Å². The SMILES string of the molecule is Cc1[nH]c2ncnc(NC(=O)C3CCC(NC(=O)CC4CCCC4)CC3)c2c1C. The van der Waals surface area contributed by atoms with Gasteiger partial charge in [-0.05, 0) is 63.9 Å². The summed E-state index contributed by atoms with van der Waals surface area (Å²) in [5.74, 6) is 1.31. The van der Waals surface area contributed by atoms with Gasteiger partial charge in [0.05, 0.1) is 5.39 Å². The van der Waals surface area contributed by atoms with Crippen LogP contribution in [-0.4, -0.2) is 32.8 Å². The zero-order chi connectivity index (χ0) is 20.4. The summed E-state index contributed by atoms with van der Waals surface area (Å²) in [6, 6.07) is 0.202. The molecule has 0 unspecified atom stereocenters. The average molecular weight is 398 g/mol. The number of aromatic amines is 1. The molecule has 0 radical (unpaired) electrons. The molecule has 29 heavy (non-hydrogen) atoms. The summed E-state index contributed by atoms with van der Waals surface area (Å²) in [5, 5.41) is 7.09. The third kappa shape index (κ3) is 4.43. The Bertz CT molecular complexity index is 892. The number of nitrogens with zero attached hydrogens (tertiary/aromatic N) is 2. The molecule has 7 heteroatoms. The molecule has 2 amide bonds. The number of hydrogen-bond acceptors (Lipinski definition) is 4. The highest BCUT2D eigenvalue weighted by Gasteiger charge is 2.28. The minimum Gasteiger partial charge on any atom is -0.353 e. The van der Waals surface area contributed by atoms with E-state index in [1.165, 1.54) is 32.0 Å². The van der Waals surface area contributed by atoms with E-state index in [0.717, 1.165) is 48.0 Å². The fraction of sp³-hybridized carbons (Fsp3) is 0.636. The highest BCUT2D eigenvalue weighted by molar-refractivity contribution is 6.01. The van der Waals surface area contributed by atoms with E-state index in [1.807, 2.05) is 13.8 Å². The third-order valence-corrected chi connectivity index (χ3v) is 6.74. The van der Waals surface area contributed by atoms with Gasteiger partial charge in [-0.15, -0.1) is 0 Å². The number of hydrogen-bond donors (Lipinski definition) is 3. The van der Waals surface area contributed by atoms with Gasteiger partial charge in [-0.2, -0.15) is 0 Å². The quantitative estimate of drug-likeness (QED) is 0.715. The van der Waals surface area contributed by atoms with Gasteiger partial charge in [-0.3, -0.25) is 9.59 Å².